The van der Waals surface area contributed by atoms with Crippen molar-refractivity contribution in [3.05, 3.63) is 39.3 Å². The van der Waals surface area contributed by atoms with Gasteiger partial charge < -0.3 is 0 Å². The number of aromatic nitrogens is 3. The molecule has 0 amide bonds. The summed E-state index contributed by atoms with van der Waals surface area (Å²) < 4.78 is 2.00. The first-order valence-electron chi connectivity index (χ1n) is 4.84. The summed E-state index contributed by atoms with van der Waals surface area (Å²) in [5, 5.41) is 0. The van der Waals surface area contributed by atoms with Crippen molar-refractivity contribution in [1.29, 1.82) is 0 Å². The van der Waals surface area contributed by atoms with Gasteiger partial charge in [-0.05, 0) is 50.1 Å². The highest BCUT2D eigenvalue weighted by Crippen LogP contribution is 2.27. The molecule has 16 heavy (non-hydrogen) atoms. The van der Waals surface area contributed by atoms with E-state index in [-0.39, 0.29) is 0 Å². The average molecular weight is 343 g/mol. The van der Waals surface area contributed by atoms with Crippen molar-refractivity contribution in [3.8, 4) is 11.4 Å². The van der Waals surface area contributed by atoms with E-state index in [1.807, 2.05) is 25.1 Å². The van der Waals surface area contributed by atoms with Crippen molar-refractivity contribution in [1.82, 2.24) is 15.0 Å². The van der Waals surface area contributed by atoms with Gasteiger partial charge in [-0.1, -0.05) is 6.92 Å². The van der Waals surface area contributed by atoms with E-state index in [4.69, 9.17) is 0 Å². The fourth-order valence-corrected chi connectivity index (χ4v) is 1.90. The lowest BCUT2D eigenvalue weighted by Crippen LogP contribution is -1.97. The van der Waals surface area contributed by atoms with E-state index >= 15 is 0 Å². The molecule has 3 nitrogen and oxygen atoms in total. The van der Waals surface area contributed by atoms with Crippen LogP contribution in [0.15, 0.2) is 33.5 Å². The lowest BCUT2D eigenvalue weighted by Gasteiger charge is -2.03. The Morgan fingerprint density at radius 1 is 1.12 bits per heavy atom. The van der Waals surface area contributed by atoms with E-state index in [9.17, 15) is 0 Å². The number of aryl methyl sites for hydroxylation is 1. The topological polar surface area (TPSA) is 38.7 Å². The third-order valence-electron chi connectivity index (χ3n) is 2.12. The zero-order valence-electron chi connectivity index (χ0n) is 8.61. The van der Waals surface area contributed by atoms with Crippen LogP contribution >= 0.6 is 31.9 Å². The number of hydrogen-bond acceptors (Lipinski definition) is 3. The summed E-state index contributed by atoms with van der Waals surface area (Å²) in [5.74, 6) is 1.52. The first-order chi connectivity index (χ1) is 7.70. The minimum absolute atomic E-state index is 0.708. The van der Waals surface area contributed by atoms with Crippen LogP contribution in [0.1, 0.15) is 12.7 Å². The Hall–Kier alpha value is -0.810. The Balaban J connectivity index is 2.46. The van der Waals surface area contributed by atoms with Gasteiger partial charge in [-0.3, -0.25) is 0 Å². The molecule has 0 radical (unpaired) electrons. The standard InChI is InChI=1S/C11H9Br2N3/c1-2-10-14-6-15-11(16-10)7-3-4-8(12)9(13)5-7/h3-6H,2H2,1H3. The van der Waals surface area contributed by atoms with Crippen LogP contribution in [0.4, 0.5) is 0 Å². The maximum absolute atomic E-state index is 4.37. The van der Waals surface area contributed by atoms with Gasteiger partial charge in [0, 0.05) is 20.9 Å². The quantitative estimate of drug-likeness (QED) is 0.836. The fourth-order valence-electron chi connectivity index (χ4n) is 1.27. The molecule has 0 saturated carbocycles. The molecule has 0 aliphatic rings. The average Bonchev–Trinajstić information content (AvgIpc) is 2.33. The first-order valence-corrected chi connectivity index (χ1v) is 6.42. The van der Waals surface area contributed by atoms with Crippen LogP contribution in [-0.4, -0.2) is 15.0 Å². The van der Waals surface area contributed by atoms with Gasteiger partial charge >= 0.3 is 0 Å². The maximum atomic E-state index is 4.37. The summed E-state index contributed by atoms with van der Waals surface area (Å²) in [6.07, 6.45) is 2.37. The van der Waals surface area contributed by atoms with E-state index in [2.05, 4.69) is 46.8 Å². The molecule has 5 heteroatoms. The number of benzene rings is 1. The SMILES string of the molecule is CCc1ncnc(-c2ccc(Br)c(Br)c2)n1. The Labute approximate surface area is 111 Å². The van der Waals surface area contributed by atoms with E-state index < -0.39 is 0 Å². The van der Waals surface area contributed by atoms with Crippen LogP contribution in [-0.2, 0) is 6.42 Å². The molecule has 2 aromatic rings. The number of halogens is 2. The normalized spacial score (nSPS) is 10.4. The molecule has 0 unspecified atom stereocenters. The lowest BCUT2D eigenvalue weighted by atomic mass is 10.2. The maximum Gasteiger partial charge on any atom is 0.163 e. The molecule has 2 rings (SSSR count). The summed E-state index contributed by atoms with van der Waals surface area (Å²) in [4.78, 5) is 12.6. The third kappa shape index (κ3) is 2.47. The number of nitrogens with zero attached hydrogens (tertiary/aromatic N) is 3. The van der Waals surface area contributed by atoms with Crippen LogP contribution < -0.4 is 0 Å². The minimum Gasteiger partial charge on any atom is -0.221 e. The molecule has 0 bridgehead atoms. The summed E-state index contributed by atoms with van der Waals surface area (Å²) in [5.41, 5.74) is 0.979. The highest BCUT2D eigenvalue weighted by molar-refractivity contribution is 9.13. The molecular weight excluding hydrogens is 334 g/mol. The number of hydrogen-bond donors (Lipinski definition) is 0. The molecule has 82 valence electrons. The van der Waals surface area contributed by atoms with Gasteiger partial charge in [0.15, 0.2) is 5.82 Å². The summed E-state index contributed by atoms with van der Waals surface area (Å²) in [6.45, 7) is 2.02. The smallest absolute Gasteiger partial charge is 0.163 e. The third-order valence-corrected chi connectivity index (χ3v) is 4.00. The van der Waals surface area contributed by atoms with Gasteiger partial charge in [0.25, 0.3) is 0 Å². The molecular formula is C11H9Br2N3. The largest absolute Gasteiger partial charge is 0.221 e. The molecule has 0 spiro atoms. The summed E-state index contributed by atoms with van der Waals surface area (Å²) >= 11 is 6.89. The van der Waals surface area contributed by atoms with Crippen LogP contribution in [0.3, 0.4) is 0 Å². The Bertz CT molecular complexity index is 514. The zero-order chi connectivity index (χ0) is 11.5. The second-order valence-corrected chi connectivity index (χ2v) is 4.92. The van der Waals surface area contributed by atoms with Gasteiger partial charge in [0.2, 0.25) is 0 Å². The van der Waals surface area contributed by atoms with Gasteiger partial charge in [-0.2, -0.15) is 0 Å². The Morgan fingerprint density at radius 3 is 2.62 bits per heavy atom. The lowest BCUT2D eigenvalue weighted by molar-refractivity contribution is 0.903. The highest BCUT2D eigenvalue weighted by atomic mass is 79.9. The molecule has 1 aromatic heterocycles. The van der Waals surface area contributed by atoms with Crippen LogP contribution in [0, 0.1) is 0 Å². The number of rotatable bonds is 2. The van der Waals surface area contributed by atoms with Gasteiger partial charge in [0.05, 0.1) is 0 Å². The van der Waals surface area contributed by atoms with Crippen molar-refractivity contribution in [2.45, 2.75) is 13.3 Å². The second kappa shape index (κ2) is 5.01. The monoisotopic (exact) mass is 341 g/mol. The van der Waals surface area contributed by atoms with E-state index in [0.29, 0.717) is 5.82 Å². The molecule has 0 saturated heterocycles. The highest BCUT2D eigenvalue weighted by Gasteiger charge is 2.05. The first kappa shape index (κ1) is 11.7. The summed E-state index contributed by atoms with van der Waals surface area (Å²) in [6, 6.07) is 5.93. The Kier molecular flexibility index (Phi) is 3.66. The molecule has 0 fully saturated rings. The molecule has 0 atom stereocenters. The Morgan fingerprint density at radius 2 is 1.94 bits per heavy atom. The fraction of sp³-hybridized carbons (Fsp3) is 0.182. The van der Waals surface area contributed by atoms with Crippen LogP contribution in [0.2, 0.25) is 0 Å². The predicted octanol–water partition coefficient (Wildman–Crippen LogP) is 3.63. The van der Waals surface area contributed by atoms with Crippen molar-refractivity contribution < 1.29 is 0 Å². The van der Waals surface area contributed by atoms with E-state index in [1.165, 1.54) is 0 Å². The van der Waals surface area contributed by atoms with Crippen LogP contribution in [0.5, 0.6) is 0 Å². The molecule has 0 N–H and O–H groups in total. The van der Waals surface area contributed by atoms with Gasteiger partial charge in [0.1, 0.15) is 12.2 Å². The predicted molar refractivity (Wildman–Crippen MR) is 70.0 cm³/mol. The van der Waals surface area contributed by atoms with E-state index in [0.717, 1.165) is 26.8 Å². The summed E-state index contributed by atoms with van der Waals surface area (Å²) in [7, 11) is 0. The second-order valence-electron chi connectivity index (χ2n) is 3.21. The molecule has 1 aromatic carbocycles. The van der Waals surface area contributed by atoms with Crippen molar-refractivity contribution in [3.63, 3.8) is 0 Å². The zero-order valence-corrected chi connectivity index (χ0v) is 11.8. The van der Waals surface area contributed by atoms with Crippen molar-refractivity contribution in [2.75, 3.05) is 0 Å². The van der Waals surface area contributed by atoms with Crippen LogP contribution in [0.25, 0.3) is 11.4 Å². The van der Waals surface area contributed by atoms with Crippen molar-refractivity contribution in [2.24, 2.45) is 0 Å². The molecule has 0 aliphatic carbocycles. The molecule has 0 aliphatic heterocycles. The minimum atomic E-state index is 0.708. The van der Waals surface area contributed by atoms with Gasteiger partial charge in [-0.15, -0.1) is 0 Å². The van der Waals surface area contributed by atoms with Crippen molar-refractivity contribution >= 4 is 31.9 Å². The van der Waals surface area contributed by atoms with Gasteiger partial charge in [-0.25, -0.2) is 15.0 Å². The van der Waals surface area contributed by atoms with E-state index in [1.54, 1.807) is 6.33 Å². The molecule has 1 heterocycles.